The highest BCUT2D eigenvalue weighted by molar-refractivity contribution is 6.36. The summed E-state index contributed by atoms with van der Waals surface area (Å²) in [6.45, 7) is 0.234. The Labute approximate surface area is 122 Å². The molecule has 4 nitrogen and oxygen atoms in total. The van der Waals surface area contributed by atoms with Crippen molar-refractivity contribution in [3.8, 4) is 0 Å². The number of rotatable bonds is 5. The van der Waals surface area contributed by atoms with Crippen LogP contribution in [0.2, 0.25) is 5.02 Å². The molecule has 0 fully saturated rings. The number of ether oxygens (including phenoxy) is 2. The molecular formula is C15H14ClNO3. The van der Waals surface area contributed by atoms with Crippen LogP contribution < -0.4 is 5.73 Å². The summed E-state index contributed by atoms with van der Waals surface area (Å²) in [4.78, 5) is 11.8. The molecule has 20 heavy (non-hydrogen) atoms. The summed E-state index contributed by atoms with van der Waals surface area (Å²) in [5.74, 6) is -0.560. The maximum atomic E-state index is 11.8. The normalized spacial score (nSPS) is 10.2. The first-order valence-corrected chi connectivity index (χ1v) is 6.39. The minimum absolute atomic E-state index is 0.140. The van der Waals surface area contributed by atoms with Crippen molar-refractivity contribution in [2.24, 2.45) is 0 Å². The Morgan fingerprint density at radius 1 is 1.10 bits per heavy atom. The van der Waals surface area contributed by atoms with Gasteiger partial charge in [-0.3, -0.25) is 0 Å². The molecular weight excluding hydrogens is 278 g/mol. The number of carbonyl (C=O) groups is 1. The van der Waals surface area contributed by atoms with Crippen LogP contribution in [0.4, 0.5) is 5.69 Å². The molecule has 0 spiro atoms. The van der Waals surface area contributed by atoms with Crippen LogP contribution in [0.5, 0.6) is 0 Å². The molecule has 0 atom stereocenters. The van der Waals surface area contributed by atoms with Gasteiger partial charge in [0.05, 0.1) is 22.9 Å². The standard InChI is InChI=1S/C15H14ClNO3/c16-14-12(7-4-8-13(14)17)15(18)20-10-19-9-11-5-2-1-3-6-11/h1-8H,9-10,17H2. The number of benzene rings is 2. The summed E-state index contributed by atoms with van der Waals surface area (Å²) in [5, 5.41) is 0.195. The second-order valence-corrected chi connectivity index (χ2v) is 4.47. The van der Waals surface area contributed by atoms with Crippen molar-refractivity contribution in [3.05, 3.63) is 64.7 Å². The van der Waals surface area contributed by atoms with Gasteiger partial charge in [0.25, 0.3) is 0 Å². The molecule has 0 bridgehead atoms. The zero-order valence-electron chi connectivity index (χ0n) is 10.7. The van der Waals surface area contributed by atoms with Crippen molar-refractivity contribution in [1.29, 1.82) is 0 Å². The molecule has 0 saturated carbocycles. The van der Waals surface area contributed by atoms with Crippen LogP contribution in [-0.4, -0.2) is 12.8 Å². The largest absolute Gasteiger partial charge is 0.435 e. The van der Waals surface area contributed by atoms with E-state index in [1.165, 1.54) is 0 Å². The van der Waals surface area contributed by atoms with E-state index in [0.29, 0.717) is 12.3 Å². The Morgan fingerprint density at radius 2 is 1.85 bits per heavy atom. The van der Waals surface area contributed by atoms with Crippen molar-refractivity contribution in [1.82, 2.24) is 0 Å². The van der Waals surface area contributed by atoms with Crippen LogP contribution in [-0.2, 0) is 16.1 Å². The van der Waals surface area contributed by atoms with E-state index in [0.717, 1.165) is 5.56 Å². The van der Waals surface area contributed by atoms with Gasteiger partial charge in [-0.1, -0.05) is 48.0 Å². The molecule has 2 rings (SSSR count). The van der Waals surface area contributed by atoms with Crippen LogP contribution in [0.25, 0.3) is 0 Å². The maximum absolute atomic E-state index is 11.8. The highest BCUT2D eigenvalue weighted by atomic mass is 35.5. The molecule has 2 N–H and O–H groups in total. The molecule has 0 aliphatic carbocycles. The average Bonchev–Trinajstić information content (AvgIpc) is 2.47. The Kier molecular flexibility index (Phi) is 4.98. The molecule has 0 saturated heterocycles. The summed E-state index contributed by atoms with van der Waals surface area (Å²) < 4.78 is 10.2. The highest BCUT2D eigenvalue weighted by Crippen LogP contribution is 2.23. The third kappa shape index (κ3) is 3.73. The lowest BCUT2D eigenvalue weighted by molar-refractivity contribution is -0.0381. The van der Waals surface area contributed by atoms with Crippen LogP contribution in [0.3, 0.4) is 0 Å². The van der Waals surface area contributed by atoms with Gasteiger partial charge < -0.3 is 15.2 Å². The minimum Gasteiger partial charge on any atom is -0.435 e. The molecule has 0 aromatic heterocycles. The molecule has 0 amide bonds. The second-order valence-electron chi connectivity index (χ2n) is 4.09. The van der Waals surface area contributed by atoms with Crippen molar-refractivity contribution in [3.63, 3.8) is 0 Å². The lowest BCUT2D eigenvalue weighted by Gasteiger charge is -2.08. The maximum Gasteiger partial charge on any atom is 0.341 e. The zero-order valence-corrected chi connectivity index (χ0v) is 11.5. The summed E-state index contributed by atoms with van der Waals surface area (Å²) in [7, 11) is 0. The number of hydrogen-bond acceptors (Lipinski definition) is 4. The summed E-state index contributed by atoms with van der Waals surface area (Å²) >= 11 is 5.93. The summed E-state index contributed by atoms with van der Waals surface area (Å²) in [6, 6.07) is 14.4. The summed E-state index contributed by atoms with van der Waals surface area (Å²) in [5.41, 5.74) is 7.19. The number of anilines is 1. The first-order valence-electron chi connectivity index (χ1n) is 6.01. The van der Waals surface area contributed by atoms with Gasteiger partial charge in [0.1, 0.15) is 0 Å². The van der Waals surface area contributed by atoms with E-state index in [1.54, 1.807) is 18.2 Å². The van der Waals surface area contributed by atoms with Gasteiger partial charge in [-0.05, 0) is 17.7 Å². The van der Waals surface area contributed by atoms with Crippen molar-refractivity contribution in [2.45, 2.75) is 6.61 Å². The van der Waals surface area contributed by atoms with Gasteiger partial charge in [-0.2, -0.15) is 0 Å². The summed E-state index contributed by atoms with van der Waals surface area (Å²) in [6.07, 6.45) is 0. The van der Waals surface area contributed by atoms with E-state index in [9.17, 15) is 4.79 Å². The Balaban J connectivity index is 1.82. The van der Waals surface area contributed by atoms with Crippen molar-refractivity contribution in [2.75, 3.05) is 12.5 Å². The molecule has 0 radical (unpaired) electrons. The fraction of sp³-hybridized carbons (Fsp3) is 0.133. The molecule has 104 valence electrons. The zero-order chi connectivity index (χ0) is 14.4. The van der Waals surface area contributed by atoms with Crippen LogP contribution >= 0.6 is 11.6 Å². The molecule has 2 aromatic carbocycles. The number of carbonyl (C=O) groups excluding carboxylic acids is 1. The SMILES string of the molecule is Nc1cccc(C(=O)OCOCc2ccccc2)c1Cl. The van der Waals surface area contributed by atoms with Gasteiger partial charge >= 0.3 is 5.97 Å². The highest BCUT2D eigenvalue weighted by Gasteiger charge is 2.13. The topological polar surface area (TPSA) is 61.6 Å². The molecule has 0 aliphatic heterocycles. The molecule has 0 aliphatic rings. The van der Waals surface area contributed by atoms with Crippen molar-refractivity contribution < 1.29 is 14.3 Å². The molecule has 2 aromatic rings. The first-order chi connectivity index (χ1) is 9.68. The minimum atomic E-state index is -0.560. The lowest BCUT2D eigenvalue weighted by Crippen LogP contribution is -2.10. The van der Waals surface area contributed by atoms with E-state index in [4.69, 9.17) is 26.8 Å². The average molecular weight is 292 g/mol. The van der Waals surface area contributed by atoms with Gasteiger partial charge in [0.15, 0.2) is 6.79 Å². The predicted molar refractivity (Wildman–Crippen MR) is 77.4 cm³/mol. The first kappa shape index (κ1) is 14.4. The van der Waals surface area contributed by atoms with Gasteiger partial charge in [-0.15, -0.1) is 0 Å². The van der Waals surface area contributed by atoms with Gasteiger partial charge in [-0.25, -0.2) is 4.79 Å². The Morgan fingerprint density at radius 3 is 2.60 bits per heavy atom. The lowest BCUT2D eigenvalue weighted by atomic mass is 10.2. The fourth-order valence-corrected chi connectivity index (χ4v) is 1.82. The quantitative estimate of drug-likeness (QED) is 0.397. The number of esters is 1. The van der Waals surface area contributed by atoms with Gasteiger partial charge in [0, 0.05) is 0 Å². The predicted octanol–water partition coefficient (Wildman–Crippen LogP) is 3.25. The Bertz CT molecular complexity index is 587. The number of nitrogen functional groups attached to an aromatic ring is 1. The van der Waals surface area contributed by atoms with E-state index >= 15 is 0 Å². The van der Waals surface area contributed by atoms with Crippen molar-refractivity contribution >= 4 is 23.3 Å². The third-order valence-corrected chi connectivity index (χ3v) is 3.06. The molecule has 0 unspecified atom stereocenters. The number of halogens is 1. The van der Waals surface area contributed by atoms with E-state index in [-0.39, 0.29) is 17.4 Å². The van der Waals surface area contributed by atoms with Gasteiger partial charge in [0.2, 0.25) is 0 Å². The van der Waals surface area contributed by atoms with E-state index < -0.39 is 5.97 Å². The smallest absolute Gasteiger partial charge is 0.341 e. The fourth-order valence-electron chi connectivity index (χ4n) is 1.61. The monoisotopic (exact) mass is 291 g/mol. The molecule has 0 heterocycles. The van der Waals surface area contributed by atoms with Crippen LogP contribution in [0.15, 0.2) is 48.5 Å². The van der Waals surface area contributed by atoms with E-state index in [2.05, 4.69) is 0 Å². The van der Waals surface area contributed by atoms with Crippen LogP contribution in [0.1, 0.15) is 15.9 Å². The molecule has 5 heteroatoms. The number of hydrogen-bond donors (Lipinski definition) is 1. The number of nitrogens with two attached hydrogens (primary N) is 1. The third-order valence-electron chi connectivity index (χ3n) is 2.63. The Hall–Kier alpha value is -2.04. The van der Waals surface area contributed by atoms with E-state index in [1.807, 2.05) is 30.3 Å². The second kappa shape index (κ2) is 6.93. The van der Waals surface area contributed by atoms with Crippen LogP contribution in [0, 0.1) is 0 Å².